The Morgan fingerprint density at radius 1 is 1.30 bits per heavy atom. The number of carbonyl (C=O) groups is 1. The maximum absolute atomic E-state index is 14.4. The van der Waals surface area contributed by atoms with Crippen LogP contribution in [0.5, 0.6) is 11.5 Å². The van der Waals surface area contributed by atoms with Gasteiger partial charge < -0.3 is 14.8 Å². The van der Waals surface area contributed by atoms with E-state index in [2.05, 4.69) is 15.3 Å². The Hall–Kier alpha value is -2.54. The van der Waals surface area contributed by atoms with Gasteiger partial charge in [-0.25, -0.2) is 14.4 Å². The van der Waals surface area contributed by atoms with Crippen LogP contribution in [0.1, 0.15) is 54.9 Å². The summed E-state index contributed by atoms with van der Waals surface area (Å²) >= 11 is 0. The molecule has 2 aromatic rings. The lowest BCUT2D eigenvalue weighted by molar-refractivity contribution is 0.0937. The highest BCUT2D eigenvalue weighted by Crippen LogP contribution is 2.48. The average molecular weight is 371 g/mol. The van der Waals surface area contributed by atoms with Crippen LogP contribution in [0.25, 0.3) is 0 Å². The van der Waals surface area contributed by atoms with Crippen molar-refractivity contribution in [3.63, 3.8) is 0 Å². The fourth-order valence-electron chi connectivity index (χ4n) is 3.93. The Labute approximate surface area is 157 Å². The molecule has 7 heteroatoms. The SMILES string of the molecule is CC(C)NC(=O)c1cc(F)cc([C@H]2C[C@@H]3CC[C@H]2O3)c1Oc1cncnc1. The minimum atomic E-state index is -0.460. The van der Waals surface area contributed by atoms with Crippen LogP contribution in [0.2, 0.25) is 0 Å². The van der Waals surface area contributed by atoms with Crippen LogP contribution in [0, 0.1) is 5.82 Å². The summed E-state index contributed by atoms with van der Waals surface area (Å²) in [6.07, 6.45) is 7.43. The van der Waals surface area contributed by atoms with Crippen molar-refractivity contribution in [2.75, 3.05) is 0 Å². The topological polar surface area (TPSA) is 73.3 Å². The number of amides is 1. The third-order valence-electron chi connectivity index (χ3n) is 5.01. The van der Waals surface area contributed by atoms with Crippen molar-refractivity contribution < 1.29 is 18.7 Å². The van der Waals surface area contributed by atoms with Gasteiger partial charge in [0.05, 0.1) is 30.2 Å². The summed E-state index contributed by atoms with van der Waals surface area (Å²) in [5.74, 6) is -0.0803. The molecule has 1 N–H and O–H groups in total. The number of hydrogen-bond donors (Lipinski definition) is 1. The standard InChI is InChI=1S/C20H22FN3O3/c1-11(2)24-20(25)17-6-12(21)5-16(15-7-13-3-4-18(15)26-13)19(17)27-14-8-22-10-23-9-14/h5-6,8-11,13,15,18H,3-4,7H2,1-2H3,(H,24,25)/t13-,15+,18+/m0/s1. The molecule has 2 bridgehead atoms. The van der Waals surface area contributed by atoms with Crippen molar-refractivity contribution in [3.8, 4) is 11.5 Å². The minimum absolute atomic E-state index is 0.00433. The van der Waals surface area contributed by atoms with Crippen LogP contribution in [-0.2, 0) is 4.74 Å². The zero-order chi connectivity index (χ0) is 19.0. The van der Waals surface area contributed by atoms with Crippen LogP contribution >= 0.6 is 0 Å². The van der Waals surface area contributed by atoms with Gasteiger partial charge in [-0.2, -0.15) is 0 Å². The lowest BCUT2D eigenvalue weighted by Crippen LogP contribution is -2.31. The molecule has 0 saturated carbocycles. The molecule has 0 radical (unpaired) electrons. The Morgan fingerprint density at radius 2 is 2.07 bits per heavy atom. The average Bonchev–Trinajstić information content (AvgIpc) is 3.26. The second-order valence-electron chi connectivity index (χ2n) is 7.39. The van der Waals surface area contributed by atoms with Gasteiger partial charge in [-0.3, -0.25) is 4.79 Å². The molecule has 2 saturated heterocycles. The third-order valence-corrected chi connectivity index (χ3v) is 5.01. The van der Waals surface area contributed by atoms with E-state index in [0.29, 0.717) is 17.1 Å². The van der Waals surface area contributed by atoms with Gasteiger partial charge in [-0.15, -0.1) is 0 Å². The number of nitrogens with one attached hydrogen (secondary N) is 1. The van der Waals surface area contributed by atoms with E-state index in [-0.39, 0.29) is 35.6 Å². The fourth-order valence-corrected chi connectivity index (χ4v) is 3.93. The van der Waals surface area contributed by atoms with Crippen molar-refractivity contribution >= 4 is 5.91 Å². The van der Waals surface area contributed by atoms with Gasteiger partial charge in [-0.1, -0.05) is 0 Å². The molecule has 2 aliphatic rings. The quantitative estimate of drug-likeness (QED) is 0.870. The van der Waals surface area contributed by atoms with Crippen molar-refractivity contribution in [3.05, 3.63) is 47.8 Å². The lowest BCUT2D eigenvalue weighted by Gasteiger charge is -2.24. The Morgan fingerprint density at radius 3 is 2.70 bits per heavy atom. The number of hydrogen-bond acceptors (Lipinski definition) is 5. The number of aromatic nitrogens is 2. The third kappa shape index (κ3) is 3.64. The smallest absolute Gasteiger partial charge is 0.255 e. The molecule has 2 fully saturated rings. The van der Waals surface area contributed by atoms with Crippen LogP contribution in [0.15, 0.2) is 30.9 Å². The highest BCUT2D eigenvalue weighted by atomic mass is 19.1. The second-order valence-corrected chi connectivity index (χ2v) is 7.39. The van der Waals surface area contributed by atoms with Crippen molar-refractivity contribution in [2.45, 2.75) is 57.3 Å². The van der Waals surface area contributed by atoms with Gasteiger partial charge in [0, 0.05) is 17.5 Å². The monoisotopic (exact) mass is 371 g/mol. The maximum atomic E-state index is 14.4. The number of rotatable bonds is 5. The van der Waals surface area contributed by atoms with Gasteiger partial charge in [-0.05, 0) is 45.2 Å². The first-order chi connectivity index (χ1) is 13.0. The molecule has 0 aliphatic carbocycles. The fraction of sp³-hybridized carbons (Fsp3) is 0.450. The van der Waals surface area contributed by atoms with E-state index >= 15 is 0 Å². The zero-order valence-electron chi connectivity index (χ0n) is 15.3. The number of benzene rings is 1. The normalized spacial score (nSPS) is 23.6. The van der Waals surface area contributed by atoms with Gasteiger partial charge in [0.2, 0.25) is 0 Å². The van der Waals surface area contributed by atoms with E-state index in [1.54, 1.807) is 0 Å². The lowest BCUT2D eigenvalue weighted by atomic mass is 9.82. The van der Waals surface area contributed by atoms with Crippen molar-refractivity contribution in [2.24, 2.45) is 0 Å². The Balaban J connectivity index is 1.79. The van der Waals surface area contributed by atoms with Crippen LogP contribution in [-0.4, -0.2) is 34.1 Å². The van der Waals surface area contributed by atoms with Crippen molar-refractivity contribution in [1.82, 2.24) is 15.3 Å². The molecule has 0 unspecified atom stereocenters. The molecule has 3 heterocycles. The molecule has 3 atom stereocenters. The highest BCUT2D eigenvalue weighted by molar-refractivity contribution is 5.97. The molecule has 4 rings (SSSR count). The van der Waals surface area contributed by atoms with Crippen LogP contribution < -0.4 is 10.1 Å². The van der Waals surface area contributed by atoms with Crippen LogP contribution in [0.4, 0.5) is 4.39 Å². The summed E-state index contributed by atoms with van der Waals surface area (Å²) < 4.78 is 26.4. The van der Waals surface area contributed by atoms with E-state index in [9.17, 15) is 9.18 Å². The van der Waals surface area contributed by atoms with Gasteiger partial charge in [0.15, 0.2) is 5.75 Å². The number of ether oxygens (including phenoxy) is 2. The predicted octanol–water partition coefficient (Wildman–Crippen LogP) is 3.58. The Kier molecular flexibility index (Phi) is 4.78. The number of nitrogens with zero attached hydrogens (tertiary/aromatic N) is 2. The molecule has 142 valence electrons. The van der Waals surface area contributed by atoms with Crippen LogP contribution in [0.3, 0.4) is 0 Å². The molecule has 6 nitrogen and oxygen atoms in total. The van der Waals surface area contributed by atoms with Gasteiger partial charge in [0.25, 0.3) is 5.91 Å². The van der Waals surface area contributed by atoms with E-state index in [1.165, 1.54) is 30.9 Å². The summed E-state index contributed by atoms with van der Waals surface area (Å²) in [6.45, 7) is 3.71. The number of carbonyl (C=O) groups excluding carboxylic acids is 1. The molecule has 2 aliphatic heterocycles. The van der Waals surface area contributed by atoms with E-state index in [0.717, 1.165) is 19.3 Å². The molecular formula is C20H22FN3O3. The maximum Gasteiger partial charge on any atom is 0.255 e. The molecule has 1 aromatic heterocycles. The summed E-state index contributed by atoms with van der Waals surface area (Å²) in [7, 11) is 0. The first kappa shape index (κ1) is 17.9. The van der Waals surface area contributed by atoms with Crippen molar-refractivity contribution in [1.29, 1.82) is 0 Å². The molecule has 0 spiro atoms. The predicted molar refractivity (Wildman–Crippen MR) is 96.4 cm³/mol. The molecular weight excluding hydrogens is 349 g/mol. The number of halogens is 1. The minimum Gasteiger partial charge on any atom is -0.453 e. The molecule has 27 heavy (non-hydrogen) atoms. The first-order valence-electron chi connectivity index (χ1n) is 9.24. The zero-order valence-corrected chi connectivity index (χ0v) is 15.3. The highest BCUT2D eigenvalue weighted by Gasteiger charge is 2.43. The van der Waals surface area contributed by atoms with Gasteiger partial charge >= 0.3 is 0 Å². The van der Waals surface area contributed by atoms with E-state index in [1.807, 2.05) is 13.8 Å². The summed E-state index contributed by atoms with van der Waals surface area (Å²) in [4.78, 5) is 20.6. The van der Waals surface area contributed by atoms with E-state index < -0.39 is 5.82 Å². The van der Waals surface area contributed by atoms with E-state index in [4.69, 9.17) is 9.47 Å². The summed E-state index contributed by atoms with van der Waals surface area (Å²) in [5.41, 5.74) is 0.838. The summed E-state index contributed by atoms with van der Waals surface area (Å²) in [6, 6.07) is 2.59. The Bertz CT molecular complexity index is 844. The second kappa shape index (κ2) is 7.23. The molecule has 1 amide bonds. The first-order valence-corrected chi connectivity index (χ1v) is 9.24. The molecule has 1 aromatic carbocycles. The largest absolute Gasteiger partial charge is 0.453 e. The van der Waals surface area contributed by atoms with Gasteiger partial charge in [0.1, 0.15) is 17.9 Å². The summed E-state index contributed by atoms with van der Waals surface area (Å²) in [5, 5.41) is 2.82. The number of fused-ring (bicyclic) bond motifs is 2.